The maximum absolute atomic E-state index is 12.5. The Bertz CT molecular complexity index is 962. The molecule has 28 heavy (non-hydrogen) atoms. The average Bonchev–Trinajstić information content (AvgIpc) is 3.09. The molecule has 0 spiro atoms. The molecule has 0 aromatic carbocycles. The van der Waals surface area contributed by atoms with Crippen LogP contribution < -0.4 is 9.75 Å². The second-order valence-corrected chi connectivity index (χ2v) is 9.41. The molecule has 1 aliphatic heterocycles. The number of esters is 2. The number of hydrogen-bond donors (Lipinski definition) is 0. The molecule has 0 bridgehead atoms. The average molecular weight is 445 g/mol. The number of rotatable bonds is 6. The molecule has 3 heterocycles. The van der Waals surface area contributed by atoms with E-state index in [9.17, 15) is 19.2 Å². The van der Waals surface area contributed by atoms with Crippen LogP contribution in [0.1, 0.15) is 37.4 Å². The predicted molar refractivity (Wildman–Crippen MR) is 107 cm³/mol. The van der Waals surface area contributed by atoms with Crippen LogP contribution in [0.4, 0.5) is 0 Å². The third kappa shape index (κ3) is 3.58. The van der Waals surface area contributed by atoms with Crippen LogP contribution in [-0.2, 0) is 37.6 Å². The molecule has 3 rings (SSSR count). The van der Waals surface area contributed by atoms with Crippen LogP contribution in [0.25, 0.3) is 0 Å². The highest BCUT2D eigenvalue weighted by atomic mass is 32.2. The number of nitrogens with zero attached hydrogens (tertiary/aromatic N) is 2. The molecule has 11 heteroatoms. The standard InChI is InChI=1S/C17H20N2O6S3/c1-5-24-9(20)7-18-13-11(26-15(18)22)17(3,4)12-14(28-13)19(16(23)27-12)8-10(21)25-6-2/h5-8H2,1-4H3. The fraction of sp³-hybridized carbons (Fsp3) is 0.529. The van der Waals surface area contributed by atoms with E-state index in [0.29, 0.717) is 10.1 Å². The van der Waals surface area contributed by atoms with Gasteiger partial charge in [-0.05, 0) is 27.7 Å². The fourth-order valence-electron chi connectivity index (χ4n) is 2.91. The SMILES string of the molecule is CCOC(=O)Cn1c2c(sc1=O)C(C)(C)c1sc(=O)n(CC(=O)OCC)c1S2. The molecule has 0 radical (unpaired) electrons. The lowest BCUT2D eigenvalue weighted by Gasteiger charge is -2.29. The molecule has 2 aromatic heterocycles. The first-order valence-electron chi connectivity index (χ1n) is 8.68. The number of ether oxygens (including phenoxy) is 2. The van der Waals surface area contributed by atoms with Crippen LogP contribution in [0.5, 0.6) is 0 Å². The fourth-order valence-corrected chi connectivity index (χ4v) is 6.98. The van der Waals surface area contributed by atoms with Gasteiger partial charge in [-0.1, -0.05) is 34.4 Å². The van der Waals surface area contributed by atoms with Gasteiger partial charge in [-0.3, -0.25) is 28.3 Å². The highest BCUT2D eigenvalue weighted by Crippen LogP contribution is 2.51. The van der Waals surface area contributed by atoms with Crippen molar-refractivity contribution in [2.75, 3.05) is 13.2 Å². The summed E-state index contributed by atoms with van der Waals surface area (Å²) in [6.45, 7) is 7.34. The molecule has 1 aliphatic rings. The predicted octanol–water partition coefficient (Wildman–Crippen LogP) is 2.05. The Kier molecular flexibility index (Phi) is 5.87. The Morgan fingerprint density at radius 3 is 1.61 bits per heavy atom. The first-order valence-corrected chi connectivity index (χ1v) is 11.1. The highest BCUT2D eigenvalue weighted by Gasteiger charge is 2.41. The maximum atomic E-state index is 12.5. The van der Waals surface area contributed by atoms with Crippen LogP contribution in [-0.4, -0.2) is 34.3 Å². The van der Waals surface area contributed by atoms with E-state index in [1.807, 2.05) is 13.8 Å². The zero-order valence-electron chi connectivity index (χ0n) is 15.9. The Morgan fingerprint density at radius 1 is 0.857 bits per heavy atom. The third-order valence-corrected chi connectivity index (χ3v) is 8.31. The highest BCUT2D eigenvalue weighted by molar-refractivity contribution is 7.99. The summed E-state index contributed by atoms with van der Waals surface area (Å²) in [5, 5.41) is 1.21. The monoisotopic (exact) mass is 444 g/mol. The molecule has 0 fully saturated rings. The van der Waals surface area contributed by atoms with E-state index in [1.165, 1.54) is 20.9 Å². The summed E-state index contributed by atoms with van der Waals surface area (Å²) in [6, 6.07) is 0. The molecule has 0 atom stereocenters. The Balaban J connectivity index is 2.07. The molecule has 0 amide bonds. The molecule has 2 aromatic rings. The van der Waals surface area contributed by atoms with Crippen molar-refractivity contribution in [2.24, 2.45) is 0 Å². The lowest BCUT2D eigenvalue weighted by Crippen LogP contribution is -2.26. The smallest absolute Gasteiger partial charge is 0.326 e. The Morgan fingerprint density at radius 2 is 1.25 bits per heavy atom. The third-order valence-electron chi connectivity index (χ3n) is 4.21. The van der Waals surface area contributed by atoms with Gasteiger partial charge in [-0.2, -0.15) is 0 Å². The van der Waals surface area contributed by atoms with E-state index in [2.05, 4.69) is 0 Å². The minimum Gasteiger partial charge on any atom is -0.465 e. The van der Waals surface area contributed by atoms with Crippen LogP contribution in [0.3, 0.4) is 0 Å². The summed E-state index contributed by atoms with van der Waals surface area (Å²) in [4.78, 5) is 50.0. The van der Waals surface area contributed by atoms with Crippen molar-refractivity contribution in [3.05, 3.63) is 29.1 Å². The van der Waals surface area contributed by atoms with Crippen molar-refractivity contribution < 1.29 is 19.1 Å². The van der Waals surface area contributed by atoms with Gasteiger partial charge in [0.1, 0.15) is 13.1 Å². The second-order valence-electron chi connectivity index (χ2n) is 6.51. The molecule has 152 valence electrons. The summed E-state index contributed by atoms with van der Waals surface area (Å²) in [5.74, 6) is -0.993. The Labute approximate surface area is 173 Å². The van der Waals surface area contributed by atoms with Crippen molar-refractivity contribution in [2.45, 2.75) is 56.3 Å². The van der Waals surface area contributed by atoms with Crippen LogP contribution in [0.15, 0.2) is 19.6 Å². The first kappa shape index (κ1) is 20.9. The van der Waals surface area contributed by atoms with Gasteiger partial charge in [0.15, 0.2) is 0 Å². The van der Waals surface area contributed by atoms with Crippen molar-refractivity contribution in [3.63, 3.8) is 0 Å². The molecular formula is C17H20N2O6S3. The zero-order valence-corrected chi connectivity index (χ0v) is 18.3. The van der Waals surface area contributed by atoms with Crippen molar-refractivity contribution >= 4 is 46.4 Å². The maximum Gasteiger partial charge on any atom is 0.326 e. The molecule has 0 aliphatic carbocycles. The largest absolute Gasteiger partial charge is 0.465 e. The Hall–Kier alpha value is -1.85. The van der Waals surface area contributed by atoms with Crippen LogP contribution in [0, 0.1) is 0 Å². The quantitative estimate of drug-likeness (QED) is 0.629. The van der Waals surface area contributed by atoms with E-state index in [-0.39, 0.29) is 36.0 Å². The number of fused-ring (bicyclic) bond motifs is 2. The van der Waals surface area contributed by atoms with E-state index < -0.39 is 17.4 Å². The zero-order chi connectivity index (χ0) is 20.6. The topological polar surface area (TPSA) is 96.6 Å². The van der Waals surface area contributed by atoms with Gasteiger partial charge in [-0.15, -0.1) is 0 Å². The van der Waals surface area contributed by atoms with Gasteiger partial charge in [-0.25, -0.2) is 0 Å². The molecule has 8 nitrogen and oxygen atoms in total. The van der Waals surface area contributed by atoms with Crippen molar-refractivity contribution in [1.29, 1.82) is 0 Å². The van der Waals surface area contributed by atoms with Crippen molar-refractivity contribution in [3.8, 4) is 0 Å². The summed E-state index contributed by atoms with van der Waals surface area (Å²) < 4.78 is 12.7. The van der Waals surface area contributed by atoms with Crippen molar-refractivity contribution in [1.82, 2.24) is 9.13 Å². The number of carbonyl (C=O) groups is 2. The number of aromatic nitrogens is 2. The number of hydrogen-bond acceptors (Lipinski definition) is 9. The summed E-state index contributed by atoms with van der Waals surface area (Å²) in [6.07, 6.45) is 0. The van der Waals surface area contributed by atoms with E-state index in [0.717, 1.165) is 32.4 Å². The molecule has 0 unspecified atom stereocenters. The van der Waals surface area contributed by atoms with Gasteiger partial charge >= 0.3 is 21.7 Å². The lowest BCUT2D eigenvalue weighted by molar-refractivity contribution is -0.144. The number of carbonyl (C=O) groups excluding carboxylic acids is 2. The minimum atomic E-state index is -0.594. The van der Waals surface area contributed by atoms with Crippen LogP contribution in [0.2, 0.25) is 0 Å². The summed E-state index contributed by atoms with van der Waals surface area (Å²) >= 11 is 3.37. The van der Waals surface area contributed by atoms with Crippen LogP contribution >= 0.6 is 34.4 Å². The van der Waals surface area contributed by atoms with Gasteiger partial charge in [0.25, 0.3) is 0 Å². The van der Waals surface area contributed by atoms with Gasteiger partial charge in [0.2, 0.25) is 0 Å². The van der Waals surface area contributed by atoms with Gasteiger partial charge < -0.3 is 9.47 Å². The van der Waals surface area contributed by atoms with E-state index in [4.69, 9.17) is 9.47 Å². The minimum absolute atomic E-state index is 0.191. The molecule has 0 N–H and O–H groups in total. The summed E-state index contributed by atoms with van der Waals surface area (Å²) in [5.41, 5.74) is -0.594. The molecule has 0 saturated heterocycles. The lowest BCUT2D eigenvalue weighted by atomic mass is 9.90. The van der Waals surface area contributed by atoms with E-state index in [1.54, 1.807) is 13.8 Å². The van der Waals surface area contributed by atoms with Gasteiger partial charge in [0.05, 0.1) is 33.0 Å². The molecular weight excluding hydrogens is 424 g/mol. The summed E-state index contributed by atoms with van der Waals surface area (Å²) in [7, 11) is 0. The number of thiazole rings is 2. The van der Waals surface area contributed by atoms with Gasteiger partial charge in [0, 0.05) is 5.41 Å². The molecule has 0 saturated carbocycles. The first-order chi connectivity index (χ1) is 13.2. The normalized spacial score (nSPS) is 14.3. The van der Waals surface area contributed by atoms with E-state index >= 15 is 0 Å². The second kappa shape index (κ2) is 7.88.